The van der Waals surface area contributed by atoms with E-state index >= 15 is 0 Å². The molecule has 25 heavy (non-hydrogen) atoms. The molecule has 2 N–H and O–H groups in total. The Bertz CT molecular complexity index is 723. The van der Waals surface area contributed by atoms with Crippen LogP contribution < -0.4 is 10.6 Å². The Labute approximate surface area is 160 Å². The first-order valence-electron chi connectivity index (χ1n) is 8.18. The topological polar surface area (TPSA) is 44.4 Å². The van der Waals surface area contributed by atoms with Crippen LogP contribution in [0.25, 0.3) is 0 Å². The molecule has 1 aliphatic heterocycles. The van der Waals surface area contributed by atoms with Crippen LogP contribution >= 0.6 is 24.0 Å². The van der Waals surface area contributed by atoms with Gasteiger partial charge in [0.2, 0.25) is 5.91 Å². The smallest absolute Gasteiger partial charge is 0.221 e. The van der Waals surface area contributed by atoms with Crippen LogP contribution in [0.3, 0.4) is 0 Å². The molecule has 1 unspecified atom stereocenters. The van der Waals surface area contributed by atoms with Gasteiger partial charge in [0, 0.05) is 49.9 Å². The van der Waals surface area contributed by atoms with Crippen molar-refractivity contribution in [2.75, 3.05) is 25.0 Å². The van der Waals surface area contributed by atoms with Crippen LogP contribution in [0.4, 0.5) is 5.69 Å². The van der Waals surface area contributed by atoms with Crippen LogP contribution in [-0.2, 0) is 11.3 Å². The van der Waals surface area contributed by atoms with Gasteiger partial charge in [-0.05, 0) is 35.4 Å². The normalized spacial score (nSPS) is 17.6. The minimum Gasteiger partial charge on any atom is -0.326 e. The number of anilines is 1. The van der Waals surface area contributed by atoms with E-state index < -0.39 is 0 Å². The average molecular weight is 380 g/mol. The zero-order valence-corrected chi connectivity index (χ0v) is 15.7. The second kappa shape index (κ2) is 9.20. The summed E-state index contributed by atoms with van der Waals surface area (Å²) < 4.78 is 0. The lowest BCUT2D eigenvalue weighted by Crippen LogP contribution is -2.45. The summed E-state index contributed by atoms with van der Waals surface area (Å²) in [6.07, 6.45) is 0. The van der Waals surface area contributed by atoms with Gasteiger partial charge in [0.05, 0.1) is 0 Å². The number of carbonyl (C=O) groups is 1. The zero-order valence-electron chi connectivity index (χ0n) is 14.2. The predicted molar refractivity (Wildman–Crippen MR) is 105 cm³/mol. The maximum absolute atomic E-state index is 11.2. The van der Waals surface area contributed by atoms with E-state index in [0.717, 1.165) is 36.9 Å². The number of hydrogen-bond donors (Lipinski definition) is 2. The van der Waals surface area contributed by atoms with Gasteiger partial charge < -0.3 is 10.6 Å². The number of carbonyl (C=O) groups excluding carboxylic acids is 1. The van der Waals surface area contributed by atoms with Crippen molar-refractivity contribution in [2.45, 2.75) is 19.5 Å². The third-order valence-corrected chi connectivity index (χ3v) is 4.46. The fraction of sp³-hybridized carbons (Fsp3) is 0.316. The van der Waals surface area contributed by atoms with Crippen molar-refractivity contribution < 1.29 is 4.79 Å². The van der Waals surface area contributed by atoms with E-state index in [0.29, 0.717) is 6.04 Å². The van der Waals surface area contributed by atoms with Gasteiger partial charge in [-0.25, -0.2) is 0 Å². The second-order valence-corrected chi connectivity index (χ2v) is 6.56. The largest absolute Gasteiger partial charge is 0.326 e. The van der Waals surface area contributed by atoms with E-state index in [-0.39, 0.29) is 18.3 Å². The van der Waals surface area contributed by atoms with E-state index in [1.807, 2.05) is 36.4 Å². The highest BCUT2D eigenvalue weighted by atomic mass is 35.5. The molecule has 0 aromatic heterocycles. The summed E-state index contributed by atoms with van der Waals surface area (Å²) in [7, 11) is 0. The van der Waals surface area contributed by atoms with Gasteiger partial charge >= 0.3 is 0 Å². The first kappa shape index (κ1) is 19.7. The Morgan fingerprint density at radius 3 is 2.84 bits per heavy atom. The Hall–Kier alpha value is -1.59. The standard InChI is InChI=1S/C19H22ClN3O.ClH/c1-14(24)22-18-7-2-4-15(10-18)13-23-9-8-21-12-19(23)16-5-3-6-17(20)11-16;/h2-7,10-11,19,21H,8-9,12-13H2,1H3,(H,22,24);1H. The Kier molecular flexibility index (Phi) is 7.26. The van der Waals surface area contributed by atoms with Crippen LogP contribution in [0.1, 0.15) is 24.1 Å². The first-order valence-corrected chi connectivity index (χ1v) is 8.56. The van der Waals surface area contributed by atoms with Crippen molar-refractivity contribution in [3.05, 3.63) is 64.7 Å². The Balaban J connectivity index is 0.00000225. The van der Waals surface area contributed by atoms with Crippen molar-refractivity contribution >= 4 is 35.6 Å². The third-order valence-electron chi connectivity index (χ3n) is 4.22. The highest BCUT2D eigenvalue weighted by Gasteiger charge is 2.24. The molecule has 0 bridgehead atoms. The maximum Gasteiger partial charge on any atom is 0.221 e. The van der Waals surface area contributed by atoms with Crippen molar-refractivity contribution in [1.29, 1.82) is 0 Å². The number of amides is 1. The minimum atomic E-state index is -0.0499. The molecule has 0 radical (unpaired) electrons. The predicted octanol–water partition coefficient (Wildman–Crippen LogP) is 3.87. The minimum absolute atomic E-state index is 0. The second-order valence-electron chi connectivity index (χ2n) is 6.13. The maximum atomic E-state index is 11.2. The molecule has 0 aliphatic carbocycles. The molecule has 1 amide bonds. The summed E-state index contributed by atoms with van der Waals surface area (Å²) in [5.74, 6) is -0.0499. The molecule has 0 spiro atoms. The lowest BCUT2D eigenvalue weighted by atomic mass is 10.0. The van der Waals surface area contributed by atoms with E-state index in [1.54, 1.807) is 0 Å². The number of benzene rings is 2. The fourth-order valence-corrected chi connectivity index (χ4v) is 3.36. The van der Waals surface area contributed by atoms with E-state index in [4.69, 9.17) is 11.6 Å². The highest BCUT2D eigenvalue weighted by molar-refractivity contribution is 6.30. The third kappa shape index (κ3) is 5.44. The fourth-order valence-electron chi connectivity index (χ4n) is 3.16. The van der Waals surface area contributed by atoms with Crippen molar-refractivity contribution in [1.82, 2.24) is 10.2 Å². The Morgan fingerprint density at radius 1 is 1.28 bits per heavy atom. The van der Waals surface area contributed by atoms with Crippen LogP contribution in [0, 0.1) is 0 Å². The van der Waals surface area contributed by atoms with Crippen LogP contribution in [0.15, 0.2) is 48.5 Å². The molecule has 1 saturated heterocycles. The quantitative estimate of drug-likeness (QED) is 0.847. The van der Waals surface area contributed by atoms with Gasteiger partial charge in [-0.2, -0.15) is 0 Å². The molecular formula is C19H23Cl2N3O. The summed E-state index contributed by atoms with van der Waals surface area (Å²) in [5.41, 5.74) is 3.26. The first-order chi connectivity index (χ1) is 11.6. The van der Waals surface area contributed by atoms with Crippen molar-refractivity contribution in [2.24, 2.45) is 0 Å². The van der Waals surface area contributed by atoms with Gasteiger partial charge in [0.1, 0.15) is 0 Å². The van der Waals surface area contributed by atoms with Crippen molar-refractivity contribution in [3.63, 3.8) is 0 Å². The van der Waals surface area contributed by atoms with Crippen LogP contribution in [0.5, 0.6) is 0 Å². The molecule has 4 nitrogen and oxygen atoms in total. The molecule has 2 aromatic rings. The van der Waals surface area contributed by atoms with Crippen LogP contribution in [-0.4, -0.2) is 30.4 Å². The summed E-state index contributed by atoms with van der Waals surface area (Å²) in [5, 5.41) is 7.08. The molecule has 0 saturated carbocycles. The average Bonchev–Trinajstić information content (AvgIpc) is 2.55. The molecule has 134 valence electrons. The Morgan fingerprint density at radius 2 is 2.08 bits per heavy atom. The lowest BCUT2D eigenvalue weighted by Gasteiger charge is -2.36. The molecule has 1 aliphatic rings. The summed E-state index contributed by atoms with van der Waals surface area (Å²) in [4.78, 5) is 13.7. The lowest BCUT2D eigenvalue weighted by molar-refractivity contribution is -0.114. The summed E-state index contributed by atoms with van der Waals surface area (Å²) in [6, 6.07) is 16.4. The number of nitrogens with zero attached hydrogens (tertiary/aromatic N) is 1. The number of nitrogens with one attached hydrogen (secondary N) is 2. The van der Waals surface area contributed by atoms with E-state index in [2.05, 4.69) is 27.7 Å². The number of piperazine rings is 1. The summed E-state index contributed by atoms with van der Waals surface area (Å²) >= 11 is 6.16. The van der Waals surface area contributed by atoms with Gasteiger partial charge in [-0.15, -0.1) is 12.4 Å². The summed E-state index contributed by atoms with van der Waals surface area (Å²) in [6.45, 7) is 5.22. The van der Waals surface area contributed by atoms with Gasteiger partial charge in [-0.1, -0.05) is 35.9 Å². The number of rotatable bonds is 4. The van der Waals surface area contributed by atoms with Crippen molar-refractivity contribution in [3.8, 4) is 0 Å². The van der Waals surface area contributed by atoms with E-state index in [9.17, 15) is 4.79 Å². The van der Waals surface area contributed by atoms with Gasteiger partial charge in [0.25, 0.3) is 0 Å². The molecule has 6 heteroatoms. The van der Waals surface area contributed by atoms with Crippen LogP contribution in [0.2, 0.25) is 5.02 Å². The molecular weight excluding hydrogens is 357 g/mol. The zero-order chi connectivity index (χ0) is 16.9. The highest BCUT2D eigenvalue weighted by Crippen LogP contribution is 2.26. The van der Waals surface area contributed by atoms with Gasteiger partial charge in [-0.3, -0.25) is 9.69 Å². The molecule has 1 atom stereocenters. The molecule has 2 aromatic carbocycles. The SMILES string of the molecule is CC(=O)Nc1cccc(CN2CCNCC2c2cccc(Cl)c2)c1.Cl. The molecule has 1 fully saturated rings. The number of hydrogen-bond acceptors (Lipinski definition) is 3. The van der Waals surface area contributed by atoms with Gasteiger partial charge in [0.15, 0.2) is 0 Å². The molecule has 1 heterocycles. The van der Waals surface area contributed by atoms with E-state index in [1.165, 1.54) is 18.1 Å². The monoisotopic (exact) mass is 379 g/mol. The molecule has 3 rings (SSSR count). The number of halogens is 2.